The number of allylic oxidation sites excluding steroid dienone is 4. The standard InChI is InChI=1S/C26H26ClN5OS/c1-6-8-9-20(7-2)28-22(33)14-21-25-31-30-17(5)32(25)26-23(15(3)16(4)34-26)24(29-21)18-10-12-19(27)13-11-18/h6-13,21H,2,14H2,1,3-5H3,(H,28,33)/b8-6-,20-9+. The van der Waals surface area contributed by atoms with Crippen LogP contribution in [0.1, 0.15) is 52.6 Å². The summed E-state index contributed by atoms with van der Waals surface area (Å²) in [6.45, 7) is 11.8. The van der Waals surface area contributed by atoms with E-state index in [1.165, 1.54) is 4.88 Å². The van der Waals surface area contributed by atoms with Gasteiger partial charge >= 0.3 is 0 Å². The molecule has 174 valence electrons. The first-order chi connectivity index (χ1) is 16.3. The Morgan fingerprint density at radius 3 is 2.65 bits per heavy atom. The topological polar surface area (TPSA) is 72.2 Å². The highest BCUT2D eigenvalue weighted by Gasteiger charge is 2.32. The number of benzene rings is 1. The summed E-state index contributed by atoms with van der Waals surface area (Å²) in [5.41, 5.74) is 4.58. The predicted molar refractivity (Wildman–Crippen MR) is 139 cm³/mol. The van der Waals surface area contributed by atoms with Gasteiger partial charge in [-0.15, -0.1) is 21.5 Å². The number of hydrogen-bond acceptors (Lipinski definition) is 5. The number of amides is 1. The molecule has 4 rings (SSSR count). The number of aliphatic imine (C=N–C) groups is 1. The van der Waals surface area contributed by atoms with E-state index in [4.69, 9.17) is 16.6 Å². The van der Waals surface area contributed by atoms with Crippen LogP contribution in [0.3, 0.4) is 0 Å². The Labute approximate surface area is 208 Å². The van der Waals surface area contributed by atoms with Crippen LogP contribution in [-0.2, 0) is 4.79 Å². The number of carbonyl (C=O) groups excluding carboxylic acids is 1. The summed E-state index contributed by atoms with van der Waals surface area (Å²) >= 11 is 7.84. The number of nitrogens with one attached hydrogen (secondary N) is 1. The fourth-order valence-corrected chi connectivity index (χ4v) is 5.22. The van der Waals surface area contributed by atoms with E-state index in [1.54, 1.807) is 23.5 Å². The van der Waals surface area contributed by atoms with E-state index in [0.29, 0.717) is 16.5 Å². The summed E-state index contributed by atoms with van der Waals surface area (Å²) in [6, 6.07) is 7.12. The fraction of sp³-hybridized carbons (Fsp3) is 0.231. The molecule has 1 aromatic carbocycles. The number of rotatable bonds is 6. The lowest BCUT2D eigenvalue weighted by molar-refractivity contribution is -0.120. The van der Waals surface area contributed by atoms with Crippen LogP contribution in [0.5, 0.6) is 0 Å². The highest BCUT2D eigenvalue weighted by atomic mass is 35.5. The zero-order valence-electron chi connectivity index (χ0n) is 19.6. The van der Waals surface area contributed by atoms with Gasteiger partial charge in [-0.2, -0.15) is 0 Å². The Morgan fingerprint density at radius 1 is 1.24 bits per heavy atom. The Balaban J connectivity index is 1.84. The molecule has 0 saturated heterocycles. The summed E-state index contributed by atoms with van der Waals surface area (Å²) in [7, 11) is 0. The molecule has 1 unspecified atom stereocenters. The zero-order valence-corrected chi connectivity index (χ0v) is 21.2. The number of fused-ring (bicyclic) bond motifs is 3. The average Bonchev–Trinajstić information content (AvgIpc) is 3.29. The molecular weight excluding hydrogens is 466 g/mol. The van der Waals surface area contributed by atoms with Crippen molar-refractivity contribution in [3.8, 4) is 5.00 Å². The first-order valence-electron chi connectivity index (χ1n) is 11.0. The molecule has 8 heteroatoms. The van der Waals surface area contributed by atoms with Gasteiger partial charge in [-0.3, -0.25) is 14.4 Å². The summed E-state index contributed by atoms with van der Waals surface area (Å²) in [5.74, 6) is 1.23. The average molecular weight is 492 g/mol. The first-order valence-corrected chi connectivity index (χ1v) is 12.1. The predicted octanol–water partition coefficient (Wildman–Crippen LogP) is 5.95. The number of hydrogen-bond donors (Lipinski definition) is 1. The molecule has 3 aromatic rings. The van der Waals surface area contributed by atoms with Crippen LogP contribution in [-0.4, -0.2) is 26.4 Å². The van der Waals surface area contributed by atoms with Crippen LogP contribution in [0.2, 0.25) is 5.02 Å². The Morgan fingerprint density at radius 2 is 1.97 bits per heavy atom. The maximum atomic E-state index is 13.0. The zero-order chi connectivity index (χ0) is 24.4. The second-order valence-corrected chi connectivity index (χ2v) is 9.65. The van der Waals surface area contributed by atoms with Gasteiger partial charge in [0, 0.05) is 26.7 Å². The molecule has 0 aliphatic carbocycles. The minimum atomic E-state index is -0.515. The molecule has 0 radical (unpaired) electrons. The number of aromatic nitrogens is 3. The molecule has 0 bridgehead atoms. The number of nitrogens with zero attached hydrogens (tertiary/aromatic N) is 4. The smallest absolute Gasteiger partial charge is 0.227 e. The number of halogens is 1. The highest BCUT2D eigenvalue weighted by molar-refractivity contribution is 7.15. The van der Waals surface area contributed by atoms with Gasteiger partial charge in [0.1, 0.15) is 16.9 Å². The monoisotopic (exact) mass is 491 g/mol. The number of aryl methyl sites for hydroxylation is 2. The Kier molecular flexibility index (Phi) is 6.95. The van der Waals surface area contributed by atoms with Crippen LogP contribution in [0, 0.1) is 20.8 Å². The summed E-state index contributed by atoms with van der Waals surface area (Å²) in [5, 5.41) is 13.4. The van der Waals surface area contributed by atoms with E-state index in [9.17, 15) is 4.79 Å². The van der Waals surface area contributed by atoms with Crippen molar-refractivity contribution in [1.29, 1.82) is 0 Å². The molecule has 2 aromatic heterocycles. The molecular formula is C26H26ClN5OS. The van der Waals surface area contributed by atoms with E-state index in [2.05, 4.69) is 35.9 Å². The van der Waals surface area contributed by atoms with Crippen LogP contribution in [0.4, 0.5) is 0 Å². The van der Waals surface area contributed by atoms with E-state index < -0.39 is 6.04 Å². The fourth-order valence-electron chi connectivity index (χ4n) is 3.88. The van der Waals surface area contributed by atoms with Gasteiger partial charge in [0.25, 0.3) is 0 Å². The van der Waals surface area contributed by atoms with E-state index in [0.717, 1.165) is 33.2 Å². The van der Waals surface area contributed by atoms with Crippen molar-refractivity contribution in [2.75, 3.05) is 0 Å². The maximum Gasteiger partial charge on any atom is 0.227 e. The van der Waals surface area contributed by atoms with Crippen molar-refractivity contribution in [3.05, 3.63) is 99.1 Å². The van der Waals surface area contributed by atoms with Crippen molar-refractivity contribution in [3.63, 3.8) is 0 Å². The molecule has 0 fully saturated rings. The normalized spacial score (nSPS) is 15.5. The second-order valence-electron chi connectivity index (χ2n) is 8.01. The summed E-state index contributed by atoms with van der Waals surface area (Å²) in [4.78, 5) is 19.3. The lowest BCUT2D eigenvalue weighted by Crippen LogP contribution is -2.24. The van der Waals surface area contributed by atoms with Gasteiger partial charge in [-0.25, -0.2) is 0 Å². The molecule has 1 amide bonds. The SMILES string of the molecule is C=C/C(=C\C=C/C)NC(=O)CC1N=C(c2ccc(Cl)cc2)c2c(sc(C)c2C)-n2c(C)nnc21. The molecule has 6 nitrogen and oxygen atoms in total. The third-order valence-electron chi connectivity index (χ3n) is 5.71. The highest BCUT2D eigenvalue weighted by Crippen LogP contribution is 2.39. The van der Waals surface area contributed by atoms with Crippen LogP contribution < -0.4 is 5.32 Å². The van der Waals surface area contributed by atoms with Crippen molar-refractivity contribution < 1.29 is 4.79 Å². The van der Waals surface area contributed by atoms with E-state index in [-0.39, 0.29) is 12.3 Å². The van der Waals surface area contributed by atoms with Gasteiger partial charge in [-0.1, -0.05) is 42.5 Å². The Bertz CT molecular complexity index is 1340. The largest absolute Gasteiger partial charge is 0.326 e. The molecule has 1 N–H and O–H groups in total. The molecule has 1 aliphatic heterocycles. The minimum Gasteiger partial charge on any atom is -0.326 e. The molecule has 0 saturated carbocycles. The van der Waals surface area contributed by atoms with Gasteiger partial charge in [0.2, 0.25) is 5.91 Å². The van der Waals surface area contributed by atoms with Crippen molar-refractivity contribution in [2.24, 2.45) is 4.99 Å². The van der Waals surface area contributed by atoms with E-state index >= 15 is 0 Å². The molecule has 34 heavy (non-hydrogen) atoms. The van der Waals surface area contributed by atoms with Crippen LogP contribution in [0.25, 0.3) is 5.00 Å². The van der Waals surface area contributed by atoms with Gasteiger partial charge in [0.15, 0.2) is 5.82 Å². The summed E-state index contributed by atoms with van der Waals surface area (Å²) in [6.07, 6.45) is 7.27. The van der Waals surface area contributed by atoms with Gasteiger partial charge in [0.05, 0.1) is 12.1 Å². The molecule has 3 heterocycles. The minimum absolute atomic E-state index is 0.114. The van der Waals surface area contributed by atoms with Crippen molar-refractivity contribution in [1.82, 2.24) is 20.1 Å². The quantitative estimate of drug-likeness (QED) is 0.433. The third-order valence-corrected chi connectivity index (χ3v) is 7.15. The number of carbonyl (C=O) groups is 1. The first kappa shape index (κ1) is 23.9. The summed E-state index contributed by atoms with van der Waals surface area (Å²) < 4.78 is 2.04. The Hall–Kier alpha value is -3.29. The lowest BCUT2D eigenvalue weighted by Gasteiger charge is -2.13. The maximum absolute atomic E-state index is 13.0. The van der Waals surface area contributed by atoms with Crippen molar-refractivity contribution in [2.45, 2.75) is 40.2 Å². The molecule has 1 atom stereocenters. The van der Waals surface area contributed by atoms with Crippen LogP contribution >= 0.6 is 22.9 Å². The molecule has 1 aliphatic rings. The van der Waals surface area contributed by atoms with Gasteiger partial charge < -0.3 is 5.32 Å². The molecule has 0 spiro atoms. The van der Waals surface area contributed by atoms with Crippen LogP contribution in [0.15, 0.2) is 65.8 Å². The van der Waals surface area contributed by atoms with E-state index in [1.807, 2.05) is 54.8 Å². The van der Waals surface area contributed by atoms with Gasteiger partial charge in [-0.05, 0) is 57.5 Å². The second kappa shape index (κ2) is 9.91. The lowest BCUT2D eigenvalue weighted by atomic mass is 9.99. The van der Waals surface area contributed by atoms with Crippen molar-refractivity contribution >= 4 is 34.6 Å². The number of thiophene rings is 1. The third kappa shape index (κ3) is 4.54.